The number of hydrogen-bond donors (Lipinski definition) is 0. The lowest BCUT2D eigenvalue weighted by Crippen LogP contribution is -2.27. The summed E-state index contributed by atoms with van der Waals surface area (Å²) in [4.78, 5) is 10.6. The molecule has 0 heterocycles. The summed E-state index contributed by atoms with van der Waals surface area (Å²) >= 11 is 0. The van der Waals surface area contributed by atoms with Gasteiger partial charge in [0.05, 0.1) is 0 Å². The summed E-state index contributed by atoms with van der Waals surface area (Å²) in [6, 6.07) is 8.77. The van der Waals surface area contributed by atoms with E-state index in [0.717, 1.165) is 0 Å². The molecule has 0 spiro atoms. The van der Waals surface area contributed by atoms with Crippen LogP contribution in [0.15, 0.2) is 30.3 Å². The Morgan fingerprint density at radius 3 is 2.47 bits per heavy atom. The van der Waals surface area contributed by atoms with Crippen molar-refractivity contribution < 1.29 is 13.9 Å². The van der Waals surface area contributed by atoms with Crippen molar-refractivity contribution >= 4 is 5.97 Å². The summed E-state index contributed by atoms with van der Waals surface area (Å²) in [5.74, 6) is -0.457. The predicted molar refractivity (Wildman–Crippen MR) is 56.2 cm³/mol. The van der Waals surface area contributed by atoms with Gasteiger partial charge < -0.3 is 4.74 Å². The molecule has 1 unspecified atom stereocenters. The predicted octanol–water partition coefficient (Wildman–Crippen LogP) is 2.82. The van der Waals surface area contributed by atoms with Crippen LogP contribution in [0.5, 0.6) is 0 Å². The van der Waals surface area contributed by atoms with Crippen molar-refractivity contribution in [2.75, 3.05) is 6.61 Å². The molecule has 1 rings (SSSR count). The molecule has 0 radical (unpaired) electrons. The van der Waals surface area contributed by atoms with E-state index in [1.165, 1.54) is 6.92 Å². The lowest BCUT2D eigenvalue weighted by Gasteiger charge is -2.23. The van der Waals surface area contributed by atoms with Crippen LogP contribution in [0.4, 0.5) is 4.39 Å². The molecule has 0 bridgehead atoms. The zero-order valence-corrected chi connectivity index (χ0v) is 9.00. The first-order chi connectivity index (χ1) is 7.08. The first-order valence-corrected chi connectivity index (χ1v) is 4.96. The van der Waals surface area contributed by atoms with Gasteiger partial charge >= 0.3 is 5.97 Å². The molecule has 3 heteroatoms. The van der Waals surface area contributed by atoms with Crippen LogP contribution in [0, 0.1) is 0 Å². The normalized spacial score (nSPS) is 14.3. The second-order valence-electron chi connectivity index (χ2n) is 3.47. The molecular formula is C12H15FO2. The van der Waals surface area contributed by atoms with Crippen LogP contribution in [0.2, 0.25) is 0 Å². The largest absolute Gasteiger partial charge is 0.462 e. The highest BCUT2D eigenvalue weighted by atomic mass is 19.1. The van der Waals surface area contributed by atoms with E-state index in [1.54, 1.807) is 31.2 Å². The molecule has 0 amide bonds. The maximum Gasteiger partial charge on any atom is 0.302 e. The minimum atomic E-state index is -1.58. The molecule has 0 aliphatic heterocycles. The standard InChI is InChI=1S/C12H15FO2/c1-3-12(13,9-15-10(2)14)11-7-5-4-6-8-11/h4-8H,3,9H2,1-2H3. The van der Waals surface area contributed by atoms with Crippen LogP contribution in [0.1, 0.15) is 25.8 Å². The number of carbonyl (C=O) groups is 1. The molecule has 0 N–H and O–H groups in total. The Morgan fingerprint density at radius 1 is 1.40 bits per heavy atom. The van der Waals surface area contributed by atoms with Crippen LogP contribution in [-0.2, 0) is 15.2 Å². The quantitative estimate of drug-likeness (QED) is 0.714. The molecule has 82 valence electrons. The van der Waals surface area contributed by atoms with Crippen molar-refractivity contribution in [1.82, 2.24) is 0 Å². The van der Waals surface area contributed by atoms with Crippen LogP contribution in [-0.4, -0.2) is 12.6 Å². The minimum Gasteiger partial charge on any atom is -0.462 e. The van der Waals surface area contributed by atoms with Gasteiger partial charge in [-0.15, -0.1) is 0 Å². The van der Waals surface area contributed by atoms with Crippen molar-refractivity contribution in [2.24, 2.45) is 0 Å². The van der Waals surface area contributed by atoms with Gasteiger partial charge in [-0.1, -0.05) is 37.3 Å². The van der Waals surface area contributed by atoms with E-state index < -0.39 is 11.6 Å². The van der Waals surface area contributed by atoms with E-state index in [9.17, 15) is 9.18 Å². The van der Waals surface area contributed by atoms with Gasteiger partial charge in [-0.05, 0) is 12.0 Å². The fraction of sp³-hybridized carbons (Fsp3) is 0.417. The number of benzene rings is 1. The van der Waals surface area contributed by atoms with Gasteiger partial charge in [0.2, 0.25) is 0 Å². The average Bonchev–Trinajstić information content (AvgIpc) is 2.27. The summed E-state index contributed by atoms with van der Waals surface area (Å²) in [5.41, 5.74) is -1.03. The Kier molecular flexibility index (Phi) is 3.83. The van der Waals surface area contributed by atoms with E-state index in [4.69, 9.17) is 4.74 Å². The number of rotatable bonds is 4. The zero-order valence-electron chi connectivity index (χ0n) is 9.00. The average molecular weight is 210 g/mol. The van der Waals surface area contributed by atoms with Gasteiger partial charge in [0, 0.05) is 6.92 Å². The molecule has 0 fully saturated rings. The van der Waals surface area contributed by atoms with Gasteiger partial charge in [-0.25, -0.2) is 4.39 Å². The Bertz CT molecular complexity index is 324. The van der Waals surface area contributed by atoms with Gasteiger partial charge in [0.15, 0.2) is 5.67 Å². The second-order valence-corrected chi connectivity index (χ2v) is 3.47. The Hall–Kier alpha value is -1.38. The van der Waals surface area contributed by atoms with Crippen LogP contribution >= 0.6 is 0 Å². The Balaban J connectivity index is 2.80. The molecule has 0 saturated carbocycles. The molecule has 1 aromatic carbocycles. The molecule has 0 saturated heterocycles. The fourth-order valence-electron chi connectivity index (χ4n) is 1.34. The highest BCUT2D eigenvalue weighted by Crippen LogP contribution is 2.29. The maximum atomic E-state index is 14.3. The van der Waals surface area contributed by atoms with Crippen molar-refractivity contribution in [3.8, 4) is 0 Å². The number of hydrogen-bond acceptors (Lipinski definition) is 2. The minimum absolute atomic E-state index is 0.219. The smallest absolute Gasteiger partial charge is 0.302 e. The summed E-state index contributed by atoms with van der Waals surface area (Å²) in [6.45, 7) is 2.79. The molecule has 15 heavy (non-hydrogen) atoms. The molecule has 0 aliphatic carbocycles. The van der Waals surface area contributed by atoms with Crippen LogP contribution in [0.25, 0.3) is 0 Å². The molecule has 1 aromatic rings. The molecule has 0 aliphatic rings. The number of esters is 1. The van der Waals surface area contributed by atoms with Gasteiger partial charge in [-0.3, -0.25) is 4.79 Å². The number of halogens is 1. The van der Waals surface area contributed by atoms with Gasteiger partial charge in [-0.2, -0.15) is 0 Å². The maximum absolute atomic E-state index is 14.3. The summed E-state index contributed by atoms with van der Waals surface area (Å²) in [7, 11) is 0. The van der Waals surface area contributed by atoms with Crippen molar-refractivity contribution in [3.63, 3.8) is 0 Å². The summed E-state index contributed by atoms with van der Waals surface area (Å²) in [5, 5.41) is 0. The Labute approximate surface area is 89.1 Å². The molecule has 1 atom stereocenters. The molecular weight excluding hydrogens is 195 g/mol. The van der Waals surface area contributed by atoms with Crippen LogP contribution in [0.3, 0.4) is 0 Å². The summed E-state index contributed by atoms with van der Waals surface area (Å²) < 4.78 is 19.1. The SMILES string of the molecule is CCC(F)(COC(C)=O)c1ccccc1. The van der Waals surface area contributed by atoms with E-state index in [2.05, 4.69) is 0 Å². The number of carbonyl (C=O) groups excluding carboxylic acids is 1. The second kappa shape index (κ2) is 4.91. The lowest BCUT2D eigenvalue weighted by atomic mass is 9.94. The third kappa shape index (κ3) is 3.05. The number of alkyl halides is 1. The zero-order chi connectivity index (χ0) is 11.3. The van der Waals surface area contributed by atoms with Crippen molar-refractivity contribution in [2.45, 2.75) is 25.9 Å². The fourth-order valence-corrected chi connectivity index (χ4v) is 1.34. The first-order valence-electron chi connectivity index (χ1n) is 4.96. The molecule has 0 aromatic heterocycles. The topological polar surface area (TPSA) is 26.3 Å². The molecule has 2 nitrogen and oxygen atoms in total. The first kappa shape index (κ1) is 11.7. The van der Waals surface area contributed by atoms with Gasteiger partial charge in [0.25, 0.3) is 0 Å². The Morgan fingerprint density at radius 2 is 2.00 bits per heavy atom. The van der Waals surface area contributed by atoms with E-state index >= 15 is 0 Å². The van der Waals surface area contributed by atoms with Gasteiger partial charge in [0.1, 0.15) is 6.61 Å². The van der Waals surface area contributed by atoms with E-state index in [-0.39, 0.29) is 13.0 Å². The number of ether oxygens (including phenoxy) is 1. The lowest BCUT2D eigenvalue weighted by molar-refractivity contribution is -0.145. The van der Waals surface area contributed by atoms with Crippen molar-refractivity contribution in [1.29, 1.82) is 0 Å². The highest BCUT2D eigenvalue weighted by molar-refractivity contribution is 5.66. The van der Waals surface area contributed by atoms with E-state index in [0.29, 0.717) is 5.56 Å². The summed E-state index contributed by atoms with van der Waals surface area (Å²) in [6.07, 6.45) is 0.282. The third-order valence-electron chi connectivity index (χ3n) is 2.36. The third-order valence-corrected chi connectivity index (χ3v) is 2.36. The van der Waals surface area contributed by atoms with Crippen LogP contribution < -0.4 is 0 Å². The van der Waals surface area contributed by atoms with E-state index in [1.807, 2.05) is 6.07 Å². The monoisotopic (exact) mass is 210 g/mol. The highest BCUT2D eigenvalue weighted by Gasteiger charge is 2.31. The van der Waals surface area contributed by atoms with Crippen molar-refractivity contribution in [3.05, 3.63) is 35.9 Å².